The number of hydrogen-bond acceptors (Lipinski definition) is 1. The van der Waals surface area contributed by atoms with E-state index in [-0.39, 0.29) is 51.3 Å². The van der Waals surface area contributed by atoms with Gasteiger partial charge in [0.15, 0.2) is 0 Å². The first-order valence-corrected chi connectivity index (χ1v) is 14.1. The van der Waals surface area contributed by atoms with E-state index in [1.807, 2.05) is 109 Å². The predicted octanol–water partition coefficient (Wildman–Crippen LogP) is 12.0. The number of para-hydroxylation sites is 1. The molecule has 1 aromatic heterocycles. The van der Waals surface area contributed by atoms with E-state index in [4.69, 9.17) is 9.90 Å². The van der Waals surface area contributed by atoms with Crippen LogP contribution in [0.3, 0.4) is 0 Å². The molecule has 9 rings (SSSR count). The molecule has 0 saturated carbocycles. The van der Waals surface area contributed by atoms with Crippen LogP contribution >= 0.6 is 0 Å². The molecule has 0 fully saturated rings. The third kappa shape index (κ3) is 3.72. The summed E-state index contributed by atoms with van der Waals surface area (Å²) in [5.74, 6) is 0. The first-order chi connectivity index (χ1) is 24.7. The van der Waals surface area contributed by atoms with Crippen molar-refractivity contribution in [3.63, 3.8) is 0 Å². The topological polar surface area (TPSA) is 13.1 Å². The second kappa shape index (κ2) is 9.44. The van der Waals surface area contributed by atoms with E-state index in [0.29, 0.717) is 27.9 Å². The number of fused-ring (bicyclic) bond motifs is 6. The summed E-state index contributed by atoms with van der Waals surface area (Å²) in [6.07, 6.45) is 0. The van der Waals surface area contributed by atoms with Gasteiger partial charge in [0.25, 0.3) is 0 Å². The van der Waals surface area contributed by atoms with E-state index in [9.17, 15) is 5.48 Å². The van der Waals surface area contributed by atoms with Crippen molar-refractivity contribution in [2.75, 3.05) is 0 Å². The van der Waals surface area contributed by atoms with Gasteiger partial charge in [-0.1, -0.05) is 133 Å². The summed E-state index contributed by atoms with van der Waals surface area (Å²) in [5.41, 5.74) is 4.58. The fourth-order valence-electron chi connectivity index (χ4n) is 6.39. The highest BCUT2D eigenvalue weighted by molar-refractivity contribution is 6.23. The highest BCUT2D eigenvalue weighted by Gasteiger charge is 2.20. The molecule has 0 aliphatic carbocycles. The van der Waals surface area contributed by atoms with Crippen LogP contribution in [0.15, 0.2) is 162 Å². The third-order valence-corrected chi connectivity index (χ3v) is 8.27. The molecule has 0 aliphatic heterocycles. The van der Waals surface area contributed by atoms with Crippen LogP contribution in [0.5, 0.6) is 0 Å². The fourth-order valence-corrected chi connectivity index (χ4v) is 6.39. The van der Waals surface area contributed by atoms with Crippen LogP contribution in [-0.2, 0) is 0 Å². The number of furan rings is 1. The molecule has 0 amide bonds. The SMILES string of the molecule is [2H]c1c([2H])c([2H])c2c(-c3cc(-c4ccccc4)c4c(c3)oc3ccccc34)c3c([2H])c([2H])c([2H])c([2H])c3c(-c3ccc4ccccc4c3)c2c1[2H]. The standard InChI is InChI=1S/C42H26O/c1-2-13-28(14-3-1)37-25-31(26-39-42(37)36-20-10-11-21-38(36)43-39)41-34-18-8-6-16-32(34)40(33-17-7-9-19-35(33)41)30-23-22-27-12-4-5-15-29(27)24-30/h1-26H/i6D,7D,8D,9D,16D,17D,18D,19D. The highest BCUT2D eigenvalue weighted by Crippen LogP contribution is 2.47. The highest BCUT2D eigenvalue weighted by atomic mass is 16.3. The molecule has 0 bridgehead atoms. The largest absolute Gasteiger partial charge is 0.456 e. The summed E-state index contributed by atoms with van der Waals surface area (Å²) in [7, 11) is 0. The number of rotatable bonds is 3. The Hall–Kier alpha value is -5.66. The van der Waals surface area contributed by atoms with E-state index in [2.05, 4.69) is 0 Å². The van der Waals surface area contributed by atoms with Gasteiger partial charge in [-0.15, -0.1) is 0 Å². The van der Waals surface area contributed by atoms with Gasteiger partial charge in [0.2, 0.25) is 0 Å². The Morgan fingerprint density at radius 2 is 1.02 bits per heavy atom. The van der Waals surface area contributed by atoms with Gasteiger partial charge in [-0.05, 0) is 90.0 Å². The van der Waals surface area contributed by atoms with Crippen LogP contribution in [0.1, 0.15) is 11.0 Å². The van der Waals surface area contributed by atoms with Crippen molar-refractivity contribution in [3.8, 4) is 33.4 Å². The third-order valence-electron chi connectivity index (χ3n) is 8.27. The summed E-state index contributed by atoms with van der Waals surface area (Å²) in [6, 6.07) is 31.7. The average Bonchev–Trinajstić information content (AvgIpc) is 3.55. The average molecular weight is 555 g/mol. The fraction of sp³-hybridized carbons (Fsp3) is 0. The van der Waals surface area contributed by atoms with Gasteiger partial charge >= 0.3 is 0 Å². The van der Waals surface area contributed by atoms with Crippen molar-refractivity contribution in [1.82, 2.24) is 0 Å². The Labute approximate surface area is 260 Å². The van der Waals surface area contributed by atoms with Crippen molar-refractivity contribution in [1.29, 1.82) is 0 Å². The minimum absolute atomic E-state index is 0.163. The second-order valence-electron chi connectivity index (χ2n) is 10.7. The lowest BCUT2D eigenvalue weighted by Gasteiger charge is -2.18. The molecule has 0 aliphatic rings. The predicted molar refractivity (Wildman–Crippen MR) is 183 cm³/mol. The number of hydrogen-bond donors (Lipinski definition) is 0. The quantitative estimate of drug-likeness (QED) is 0.198. The van der Waals surface area contributed by atoms with E-state index < -0.39 is 24.2 Å². The number of benzene rings is 8. The molecule has 1 heterocycles. The van der Waals surface area contributed by atoms with Crippen molar-refractivity contribution in [3.05, 3.63) is 158 Å². The molecule has 0 N–H and O–H groups in total. The van der Waals surface area contributed by atoms with Gasteiger partial charge in [-0.25, -0.2) is 0 Å². The molecule has 43 heavy (non-hydrogen) atoms. The van der Waals surface area contributed by atoms with Crippen LogP contribution < -0.4 is 0 Å². The van der Waals surface area contributed by atoms with Gasteiger partial charge in [-0.3, -0.25) is 0 Å². The first kappa shape index (κ1) is 17.3. The minimum atomic E-state index is -0.438. The monoisotopic (exact) mass is 554 g/mol. The van der Waals surface area contributed by atoms with Gasteiger partial charge in [0.1, 0.15) is 11.2 Å². The zero-order chi connectivity index (χ0) is 35.3. The Balaban J connectivity index is 1.56. The molecule has 0 atom stereocenters. The summed E-state index contributed by atoms with van der Waals surface area (Å²) in [5, 5.41) is 4.29. The lowest BCUT2D eigenvalue weighted by molar-refractivity contribution is 0.669. The smallest absolute Gasteiger partial charge is 0.136 e. The summed E-state index contributed by atoms with van der Waals surface area (Å²) in [6.45, 7) is 0. The van der Waals surface area contributed by atoms with Crippen molar-refractivity contribution in [2.45, 2.75) is 0 Å². The Morgan fingerprint density at radius 1 is 0.419 bits per heavy atom. The van der Waals surface area contributed by atoms with E-state index in [0.717, 1.165) is 32.7 Å². The maximum absolute atomic E-state index is 9.36. The maximum Gasteiger partial charge on any atom is 0.136 e. The van der Waals surface area contributed by atoms with Crippen LogP contribution in [-0.4, -0.2) is 0 Å². The first-order valence-electron chi connectivity index (χ1n) is 18.1. The second-order valence-corrected chi connectivity index (χ2v) is 10.7. The van der Waals surface area contributed by atoms with Crippen LogP contribution in [0.25, 0.3) is 87.6 Å². The van der Waals surface area contributed by atoms with Gasteiger partial charge in [0.05, 0.1) is 11.0 Å². The summed E-state index contributed by atoms with van der Waals surface area (Å²) >= 11 is 0. The van der Waals surface area contributed by atoms with Crippen LogP contribution in [0, 0.1) is 0 Å². The zero-order valence-electron chi connectivity index (χ0n) is 30.8. The van der Waals surface area contributed by atoms with Gasteiger partial charge in [-0.2, -0.15) is 0 Å². The molecule has 200 valence electrons. The lowest BCUT2D eigenvalue weighted by atomic mass is 9.84. The Kier molecular flexibility index (Phi) is 3.80. The Morgan fingerprint density at radius 3 is 1.74 bits per heavy atom. The Bertz CT molecular complexity index is 2870. The van der Waals surface area contributed by atoms with Crippen molar-refractivity contribution >= 4 is 54.3 Å². The van der Waals surface area contributed by atoms with Gasteiger partial charge < -0.3 is 4.42 Å². The van der Waals surface area contributed by atoms with E-state index in [1.54, 1.807) is 0 Å². The molecule has 9 aromatic rings. The normalized spacial score (nSPS) is 14.3. The van der Waals surface area contributed by atoms with Crippen molar-refractivity contribution in [2.24, 2.45) is 0 Å². The van der Waals surface area contributed by atoms with E-state index >= 15 is 0 Å². The molecule has 1 nitrogen and oxygen atoms in total. The molecular formula is C42H26O. The molecule has 0 radical (unpaired) electrons. The van der Waals surface area contributed by atoms with Crippen LogP contribution in [0.4, 0.5) is 0 Å². The summed E-state index contributed by atoms with van der Waals surface area (Å²) in [4.78, 5) is 0. The molecule has 8 aromatic carbocycles. The van der Waals surface area contributed by atoms with Crippen LogP contribution in [0.2, 0.25) is 0 Å². The maximum atomic E-state index is 9.36. The summed E-state index contributed by atoms with van der Waals surface area (Å²) < 4.78 is 78.9. The molecular weight excluding hydrogens is 520 g/mol. The molecule has 0 spiro atoms. The van der Waals surface area contributed by atoms with Crippen molar-refractivity contribution < 1.29 is 15.4 Å². The van der Waals surface area contributed by atoms with E-state index in [1.165, 1.54) is 0 Å². The molecule has 0 unspecified atom stereocenters. The van der Waals surface area contributed by atoms with Gasteiger partial charge in [0, 0.05) is 10.8 Å². The molecule has 0 saturated heterocycles. The molecule has 1 heteroatoms. The lowest BCUT2D eigenvalue weighted by Crippen LogP contribution is -1.91. The zero-order valence-corrected chi connectivity index (χ0v) is 22.8. The minimum Gasteiger partial charge on any atom is -0.456 e.